The van der Waals surface area contributed by atoms with Gasteiger partial charge in [0, 0.05) is 21.8 Å². The molecule has 5 aromatic rings. The SMILES string of the molecule is CCCCC1(CCCC)c2cc(C(C)(C)c3ccccc3)c3c(c2-c2c1cc(O)c1cc(OC)ccc21)C(=O)N(c1ccc(O)cc1)C3=O. The third-order valence-electron chi connectivity index (χ3n) is 11.0. The number of methoxy groups -OCH3 is 1. The van der Waals surface area contributed by atoms with E-state index in [1.807, 2.05) is 42.5 Å². The molecule has 0 bridgehead atoms. The zero-order chi connectivity index (χ0) is 34.7. The average Bonchev–Trinajstić information content (AvgIpc) is 3.53. The number of unbranched alkanes of at least 4 members (excludes halogenated alkanes) is 2. The lowest BCUT2D eigenvalue weighted by atomic mass is 9.68. The quantitative estimate of drug-likeness (QED) is 0.147. The van der Waals surface area contributed by atoms with Crippen LogP contribution in [-0.2, 0) is 10.8 Å². The molecule has 0 radical (unpaired) electrons. The van der Waals surface area contributed by atoms with Gasteiger partial charge in [-0.3, -0.25) is 9.59 Å². The highest BCUT2D eigenvalue weighted by atomic mass is 16.5. The van der Waals surface area contributed by atoms with Gasteiger partial charge in [-0.05, 0) is 94.6 Å². The Morgan fingerprint density at radius 3 is 1.98 bits per heavy atom. The zero-order valence-corrected chi connectivity index (χ0v) is 28.9. The number of carbonyl (C=O) groups is 2. The maximum absolute atomic E-state index is 15.0. The molecule has 0 aromatic heterocycles. The van der Waals surface area contributed by atoms with Gasteiger partial charge in [-0.1, -0.05) is 89.8 Å². The Hall–Kier alpha value is -5.10. The van der Waals surface area contributed by atoms with Gasteiger partial charge in [0.05, 0.1) is 23.9 Å². The van der Waals surface area contributed by atoms with Gasteiger partial charge in [-0.25, -0.2) is 4.90 Å². The van der Waals surface area contributed by atoms with Gasteiger partial charge in [-0.2, -0.15) is 0 Å². The normalized spacial score (nSPS) is 14.7. The molecule has 0 fully saturated rings. The molecule has 0 saturated carbocycles. The second-order valence-electron chi connectivity index (χ2n) is 14.1. The second-order valence-corrected chi connectivity index (χ2v) is 14.1. The Labute approximate surface area is 288 Å². The van der Waals surface area contributed by atoms with E-state index in [-0.39, 0.29) is 23.3 Å². The number of anilines is 1. The van der Waals surface area contributed by atoms with Crippen LogP contribution in [0.3, 0.4) is 0 Å². The van der Waals surface area contributed by atoms with E-state index in [1.165, 1.54) is 17.0 Å². The number of fused-ring (bicyclic) bond motifs is 7. The summed E-state index contributed by atoms with van der Waals surface area (Å²) >= 11 is 0. The van der Waals surface area contributed by atoms with Gasteiger partial charge in [0.25, 0.3) is 11.8 Å². The lowest BCUT2D eigenvalue weighted by Gasteiger charge is -2.35. The van der Waals surface area contributed by atoms with Gasteiger partial charge in [0.2, 0.25) is 0 Å². The van der Waals surface area contributed by atoms with Gasteiger partial charge >= 0.3 is 0 Å². The van der Waals surface area contributed by atoms with E-state index < -0.39 is 10.8 Å². The summed E-state index contributed by atoms with van der Waals surface area (Å²) in [5, 5.41) is 23.2. The molecule has 6 nitrogen and oxygen atoms in total. The van der Waals surface area contributed by atoms with Gasteiger partial charge in [0.1, 0.15) is 17.2 Å². The molecule has 1 aliphatic heterocycles. The third-order valence-corrected chi connectivity index (χ3v) is 11.0. The minimum absolute atomic E-state index is 0.0550. The topological polar surface area (TPSA) is 87.1 Å². The summed E-state index contributed by atoms with van der Waals surface area (Å²) in [5.74, 6) is 0.0968. The molecule has 6 heteroatoms. The number of carbonyl (C=O) groups excluding carboxylic acids is 2. The maximum atomic E-state index is 15.0. The van der Waals surface area contributed by atoms with E-state index in [1.54, 1.807) is 19.2 Å². The smallest absolute Gasteiger partial charge is 0.266 e. The number of ether oxygens (including phenoxy) is 1. The maximum Gasteiger partial charge on any atom is 0.266 e. The Bertz CT molecular complexity index is 2110. The van der Waals surface area contributed by atoms with Crippen molar-refractivity contribution in [2.75, 3.05) is 12.0 Å². The van der Waals surface area contributed by atoms with Crippen molar-refractivity contribution in [3.63, 3.8) is 0 Å². The molecule has 0 spiro atoms. The molecule has 250 valence electrons. The molecule has 0 unspecified atom stereocenters. The molecule has 2 aliphatic rings. The van der Waals surface area contributed by atoms with E-state index in [9.17, 15) is 19.8 Å². The lowest BCUT2D eigenvalue weighted by molar-refractivity contribution is 0.0925. The number of imide groups is 1. The highest BCUT2D eigenvalue weighted by molar-refractivity contribution is 6.37. The van der Waals surface area contributed by atoms with Crippen LogP contribution in [0.15, 0.2) is 84.9 Å². The van der Waals surface area contributed by atoms with Crippen molar-refractivity contribution in [2.45, 2.75) is 77.0 Å². The van der Waals surface area contributed by atoms with E-state index >= 15 is 0 Å². The summed E-state index contributed by atoms with van der Waals surface area (Å²) in [6.45, 7) is 8.64. The molecule has 5 aromatic carbocycles. The van der Waals surface area contributed by atoms with E-state index in [0.717, 1.165) is 77.3 Å². The lowest BCUT2D eigenvalue weighted by Crippen LogP contribution is -2.30. The summed E-state index contributed by atoms with van der Waals surface area (Å²) in [6.07, 6.45) is 5.61. The highest BCUT2D eigenvalue weighted by Gasteiger charge is 2.51. The van der Waals surface area contributed by atoms with Crippen molar-refractivity contribution in [3.8, 4) is 28.4 Å². The van der Waals surface area contributed by atoms with Crippen LogP contribution in [0.2, 0.25) is 0 Å². The molecule has 1 heterocycles. The van der Waals surface area contributed by atoms with Crippen LogP contribution in [0.4, 0.5) is 5.69 Å². The number of nitrogens with zero attached hydrogens (tertiary/aromatic N) is 1. The molecular formula is C43H43NO5. The predicted molar refractivity (Wildman–Crippen MR) is 195 cm³/mol. The van der Waals surface area contributed by atoms with Crippen LogP contribution in [0.1, 0.15) is 109 Å². The molecule has 49 heavy (non-hydrogen) atoms. The predicted octanol–water partition coefficient (Wildman–Crippen LogP) is 10.0. The summed E-state index contributed by atoms with van der Waals surface area (Å²) in [7, 11) is 1.60. The zero-order valence-electron chi connectivity index (χ0n) is 28.9. The monoisotopic (exact) mass is 653 g/mol. The van der Waals surface area contributed by atoms with Crippen molar-refractivity contribution in [3.05, 3.63) is 118 Å². The first kappa shape index (κ1) is 32.4. The standard InChI is InChI=1S/C43H43NO5/c1-6-8-21-43(22-9-7-2)33-24-32(42(3,4)26-13-11-10-12-14-26)38-39(41(48)44(40(38)47)27-15-17-28(45)18-16-27)37(33)36-30-20-19-29(49-5)23-31(30)35(46)25-34(36)43/h10-20,23-25,45-46H,6-9,21-22H2,1-5H3. The Balaban J connectivity index is 1.64. The number of hydrogen-bond acceptors (Lipinski definition) is 5. The average molecular weight is 654 g/mol. The molecule has 0 atom stereocenters. The Morgan fingerprint density at radius 1 is 0.714 bits per heavy atom. The number of benzene rings is 5. The van der Waals surface area contributed by atoms with Crippen LogP contribution in [-0.4, -0.2) is 29.1 Å². The number of phenolic OH excluding ortho intramolecular Hbond substituents is 2. The fraction of sp³-hybridized carbons (Fsp3) is 0.302. The molecule has 7 rings (SSSR count). The summed E-state index contributed by atoms with van der Waals surface area (Å²) in [6, 6.07) is 26.2. The summed E-state index contributed by atoms with van der Waals surface area (Å²) in [4.78, 5) is 31.1. The summed E-state index contributed by atoms with van der Waals surface area (Å²) < 4.78 is 5.55. The van der Waals surface area contributed by atoms with Crippen molar-refractivity contribution >= 4 is 28.3 Å². The first-order valence-electron chi connectivity index (χ1n) is 17.4. The van der Waals surface area contributed by atoms with Crippen LogP contribution in [0.5, 0.6) is 17.2 Å². The highest BCUT2D eigenvalue weighted by Crippen LogP contribution is 2.61. The molecule has 1 aliphatic carbocycles. The minimum atomic E-state index is -0.630. The van der Waals surface area contributed by atoms with E-state index in [0.29, 0.717) is 28.0 Å². The Morgan fingerprint density at radius 2 is 1.35 bits per heavy atom. The second kappa shape index (κ2) is 12.1. The largest absolute Gasteiger partial charge is 0.508 e. The fourth-order valence-corrected chi connectivity index (χ4v) is 8.34. The van der Waals surface area contributed by atoms with Gasteiger partial charge in [0.15, 0.2) is 0 Å². The minimum Gasteiger partial charge on any atom is -0.508 e. The number of aromatic hydroxyl groups is 2. The molecular weight excluding hydrogens is 610 g/mol. The van der Waals surface area contributed by atoms with Crippen LogP contribution in [0, 0.1) is 0 Å². The van der Waals surface area contributed by atoms with Crippen molar-refractivity contribution in [1.82, 2.24) is 0 Å². The number of amides is 2. The fourth-order valence-electron chi connectivity index (χ4n) is 8.34. The number of hydrogen-bond donors (Lipinski definition) is 2. The van der Waals surface area contributed by atoms with Crippen LogP contribution >= 0.6 is 0 Å². The third kappa shape index (κ3) is 4.83. The molecule has 2 amide bonds. The van der Waals surface area contributed by atoms with Crippen molar-refractivity contribution in [2.24, 2.45) is 0 Å². The first-order valence-corrected chi connectivity index (χ1v) is 17.4. The van der Waals surface area contributed by atoms with Gasteiger partial charge < -0.3 is 14.9 Å². The van der Waals surface area contributed by atoms with Crippen LogP contribution < -0.4 is 9.64 Å². The molecule has 2 N–H and O–H groups in total. The number of rotatable bonds is 10. The Kier molecular flexibility index (Phi) is 8.01. The van der Waals surface area contributed by atoms with E-state index in [2.05, 4.69) is 45.9 Å². The van der Waals surface area contributed by atoms with E-state index in [4.69, 9.17) is 4.74 Å². The van der Waals surface area contributed by atoms with Crippen molar-refractivity contribution in [1.29, 1.82) is 0 Å². The van der Waals surface area contributed by atoms with Crippen LogP contribution in [0.25, 0.3) is 21.9 Å². The first-order chi connectivity index (χ1) is 23.6. The number of phenols is 2. The van der Waals surface area contributed by atoms with Crippen molar-refractivity contribution < 1.29 is 24.5 Å². The summed E-state index contributed by atoms with van der Waals surface area (Å²) in [5.41, 5.74) is 5.74. The molecule has 0 saturated heterocycles. The van der Waals surface area contributed by atoms with Gasteiger partial charge in [-0.15, -0.1) is 0 Å².